The van der Waals surface area contributed by atoms with Crippen LogP contribution in [0.1, 0.15) is 10.6 Å². The van der Waals surface area contributed by atoms with Crippen LogP contribution < -0.4 is 0 Å². The molecule has 1 aromatic heterocycles. The summed E-state index contributed by atoms with van der Waals surface area (Å²) in [6.45, 7) is 0. The van der Waals surface area contributed by atoms with Crippen molar-refractivity contribution in [1.29, 1.82) is 0 Å². The van der Waals surface area contributed by atoms with Crippen LogP contribution in [-0.2, 0) is 0 Å². The van der Waals surface area contributed by atoms with Gasteiger partial charge in [-0.3, -0.25) is 0 Å². The van der Waals surface area contributed by atoms with Crippen LogP contribution in [0.15, 0.2) is 27.1 Å². The first-order valence-electron chi connectivity index (χ1n) is 3.70. The lowest BCUT2D eigenvalue weighted by Crippen LogP contribution is -1.93. The summed E-state index contributed by atoms with van der Waals surface area (Å²) in [5, 5.41) is 9.48. The van der Waals surface area contributed by atoms with Gasteiger partial charge >= 0.3 is 5.97 Å². The zero-order chi connectivity index (χ0) is 10.3. The number of hydrogen-bond acceptors (Lipinski definition) is 2. The lowest BCUT2D eigenvalue weighted by atomic mass is 10.2. The summed E-state index contributed by atoms with van der Waals surface area (Å²) in [6, 6.07) is 5.14. The number of fused-ring (bicyclic) bond motifs is 1. The van der Waals surface area contributed by atoms with Crippen molar-refractivity contribution in [1.82, 2.24) is 0 Å². The zero-order valence-corrected chi connectivity index (χ0v) is 9.09. The van der Waals surface area contributed by atoms with Gasteiger partial charge in [-0.1, -0.05) is 27.5 Å². The summed E-state index contributed by atoms with van der Waals surface area (Å²) in [4.78, 5) is 10.7. The van der Waals surface area contributed by atoms with Gasteiger partial charge in [0.1, 0.15) is 10.6 Å². The Morgan fingerprint density at radius 1 is 1.50 bits per heavy atom. The fourth-order valence-corrected chi connectivity index (χ4v) is 1.81. The van der Waals surface area contributed by atoms with Gasteiger partial charge < -0.3 is 9.52 Å². The molecule has 1 N–H and O–H groups in total. The standard InChI is InChI=1S/C9H4BrClO3/c10-4-1-2-6-5(3-4)7(11)8(14-6)9(12)13/h1-3H,(H,12,13). The molecule has 0 aliphatic heterocycles. The Hall–Kier alpha value is -1.000. The van der Waals surface area contributed by atoms with Crippen LogP contribution in [0.3, 0.4) is 0 Å². The average Bonchev–Trinajstić information content (AvgIpc) is 2.44. The first-order valence-corrected chi connectivity index (χ1v) is 4.87. The third-order valence-electron chi connectivity index (χ3n) is 1.78. The molecule has 0 bridgehead atoms. The number of carboxylic acid groups (broad SMARTS) is 1. The summed E-state index contributed by atoms with van der Waals surface area (Å²) >= 11 is 9.09. The second-order valence-electron chi connectivity index (χ2n) is 2.69. The second kappa shape index (κ2) is 3.29. The largest absolute Gasteiger partial charge is 0.475 e. The Morgan fingerprint density at radius 3 is 2.86 bits per heavy atom. The van der Waals surface area contributed by atoms with Gasteiger partial charge in [0.05, 0.1) is 0 Å². The molecule has 5 heteroatoms. The fourth-order valence-electron chi connectivity index (χ4n) is 1.18. The van der Waals surface area contributed by atoms with Gasteiger partial charge in [0.15, 0.2) is 0 Å². The lowest BCUT2D eigenvalue weighted by Gasteiger charge is -1.88. The van der Waals surface area contributed by atoms with E-state index in [-0.39, 0.29) is 10.8 Å². The van der Waals surface area contributed by atoms with Crippen LogP contribution in [0, 0.1) is 0 Å². The molecule has 0 saturated heterocycles. The van der Waals surface area contributed by atoms with Crippen molar-refractivity contribution in [3.63, 3.8) is 0 Å². The molecule has 0 spiro atoms. The first kappa shape index (κ1) is 9.55. The van der Waals surface area contributed by atoms with Crippen molar-refractivity contribution in [2.24, 2.45) is 0 Å². The summed E-state index contributed by atoms with van der Waals surface area (Å²) in [5.74, 6) is -1.39. The molecule has 2 rings (SSSR count). The van der Waals surface area contributed by atoms with E-state index in [0.29, 0.717) is 11.0 Å². The van der Waals surface area contributed by atoms with Gasteiger partial charge in [-0.2, -0.15) is 0 Å². The Labute approximate surface area is 92.4 Å². The SMILES string of the molecule is O=C(O)c1oc2ccc(Br)cc2c1Cl. The van der Waals surface area contributed by atoms with E-state index < -0.39 is 5.97 Å². The van der Waals surface area contributed by atoms with Crippen molar-refractivity contribution in [3.05, 3.63) is 33.5 Å². The number of halogens is 2. The topological polar surface area (TPSA) is 50.4 Å². The highest BCUT2D eigenvalue weighted by molar-refractivity contribution is 9.10. The predicted octanol–water partition coefficient (Wildman–Crippen LogP) is 3.55. The number of rotatable bonds is 1. The summed E-state index contributed by atoms with van der Waals surface area (Å²) in [6.07, 6.45) is 0. The first-order chi connectivity index (χ1) is 6.59. The molecular weight excluding hydrogens is 271 g/mol. The third-order valence-corrected chi connectivity index (χ3v) is 2.65. The van der Waals surface area contributed by atoms with Crippen molar-refractivity contribution < 1.29 is 14.3 Å². The van der Waals surface area contributed by atoms with Gasteiger partial charge in [0, 0.05) is 9.86 Å². The molecule has 0 radical (unpaired) electrons. The van der Waals surface area contributed by atoms with Gasteiger partial charge in [-0.25, -0.2) is 4.79 Å². The maximum atomic E-state index is 10.7. The number of benzene rings is 1. The zero-order valence-electron chi connectivity index (χ0n) is 6.75. The van der Waals surface area contributed by atoms with E-state index >= 15 is 0 Å². The van der Waals surface area contributed by atoms with Crippen LogP contribution >= 0.6 is 27.5 Å². The van der Waals surface area contributed by atoms with Gasteiger partial charge in [0.25, 0.3) is 0 Å². The quantitative estimate of drug-likeness (QED) is 0.866. The monoisotopic (exact) mass is 274 g/mol. The summed E-state index contributed by atoms with van der Waals surface area (Å²) in [7, 11) is 0. The Morgan fingerprint density at radius 2 is 2.21 bits per heavy atom. The molecule has 2 aromatic rings. The number of carboxylic acids is 1. The van der Waals surface area contributed by atoms with E-state index in [1.165, 1.54) is 0 Å². The minimum atomic E-state index is -1.16. The number of carbonyl (C=O) groups is 1. The molecule has 0 unspecified atom stereocenters. The Balaban J connectivity index is 2.80. The molecule has 0 atom stereocenters. The van der Waals surface area contributed by atoms with Gasteiger partial charge in [-0.05, 0) is 18.2 Å². The minimum absolute atomic E-state index is 0.133. The molecule has 0 fully saturated rings. The normalized spacial score (nSPS) is 10.7. The highest BCUT2D eigenvalue weighted by atomic mass is 79.9. The smallest absolute Gasteiger partial charge is 0.373 e. The molecular formula is C9H4BrClO3. The van der Waals surface area contributed by atoms with E-state index in [9.17, 15) is 4.79 Å². The van der Waals surface area contributed by atoms with Crippen LogP contribution in [0.4, 0.5) is 0 Å². The lowest BCUT2D eigenvalue weighted by molar-refractivity contribution is 0.0665. The highest BCUT2D eigenvalue weighted by Gasteiger charge is 2.18. The van der Waals surface area contributed by atoms with Crippen molar-refractivity contribution in [2.75, 3.05) is 0 Å². The van der Waals surface area contributed by atoms with Crippen LogP contribution in [0.25, 0.3) is 11.0 Å². The summed E-state index contributed by atoms with van der Waals surface area (Å²) in [5.41, 5.74) is 0.468. The Bertz CT molecular complexity index is 518. The highest BCUT2D eigenvalue weighted by Crippen LogP contribution is 2.32. The number of furan rings is 1. The van der Waals surface area contributed by atoms with Crippen LogP contribution in [0.2, 0.25) is 5.02 Å². The Kier molecular flexibility index (Phi) is 2.25. The van der Waals surface area contributed by atoms with Crippen LogP contribution in [-0.4, -0.2) is 11.1 Å². The van der Waals surface area contributed by atoms with Crippen molar-refractivity contribution >= 4 is 44.5 Å². The van der Waals surface area contributed by atoms with Crippen molar-refractivity contribution in [3.8, 4) is 0 Å². The molecule has 1 heterocycles. The van der Waals surface area contributed by atoms with Gasteiger partial charge in [0.2, 0.25) is 5.76 Å². The van der Waals surface area contributed by atoms with E-state index in [2.05, 4.69) is 15.9 Å². The maximum Gasteiger partial charge on any atom is 0.373 e. The maximum absolute atomic E-state index is 10.7. The molecule has 0 saturated carbocycles. The molecule has 0 amide bonds. The average molecular weight is 275 g/mol. The molecule has 1 aromatic carbocycles. The molecule has 0 aliphatic rings. The van der Waals surface area contributed by atoms with Gasteiger partial charge in [-0.15, -0.1) is 0 Å². The predicted molar refractivity (Wildman–Crippen MR) is 55.9 cm³/mol. The fraction of sp³-hybridized carbons (Fsp3) is 0. The molecule has 3 nitrogen and oxygen atoms in total. The second-order valence-corrected chi connectivity index (χ2v) is 3.98. The van der Waals surface area contributed by atoms with E-state index in [4.69, 9.17) is 21.1 Å². The van der Waals surface area contributed by atoms with E-state index in [1.807, 2.05) is 0 Å². The number of hydrogen-bond donors (Lipinski definition) is 1. The van der Waals surface area contributed by atoms with E-state index in [0.717, 1.165) is 4.47 Å². The number of aromatic carboxylic acids is 1. The van der Waals surface area contributed by atoms with E-state index in [1.54, 1.807) is 18.2 Å². The molecule has 72 valence electrons. The van der Waals surface area contributed by atoms with Crippen molar-refractivity contribution in [2.45, 2.75) is 0 Å². The molecule has 14 heavy (non-hydrogen) atoms. The van der Waals surface area contributed by atoms with Crippen LogP contribution in [0.5, 0.6) is 0 Å². The summed E-state index contributed by atoms with van der Waals surface area (Å²) < 4.78 is 5.89. The third kappa shape index (κ3) is 1.40. The minimum Gasteiger partial charge on any atom is -0.475 e. The molecule has 0 aliphatic carbocycles.